The van der Waals surface area contributed by atoms with Crippen molar-refractivity contribution in [3.05, 3.63) is 36.0 Å². The molecule has 2 rings (SSSR count). The highest BCUT2D eigenvalue weighted by Crippen LogP contribution is 2.32. The molecule has 2 aromatic heterocycles. The Morgan fingerprint density at radius 3 is 2.67 bits per heavy atom. The maximum absolute atomic E-state index is 12.8. The molecule has 0 spiro atoms. The van der Waals surface area contributed by atoms with Gasteiger partial charge in [0.2, 0.25) is 0 Å². The maximum atomic E-state index is 12.8. The molecular weight excluding hydrogens is 243 g/mol. The standard InChI is InChI=1S/C12H12F3N3/c1-2-16-11-7-8(12(13,14)15)6-10(18-11)9-4-3-5-17-9/h3-7,17H,2H2,1H3,(H,16,18). The number of aromatic nitrogens is 2. The minimum atomic E-state index is -4.38. The minimum absolute atomic E-state index is 0.219. The van der Waals surface area contributed by atoms with Crippen molar-refractivity contribution in [1.29, 1.82) is 0 Å². The molecule has 0 fully saturated rings. The lowest BCUT2D eigenvalue weighted by Crippen LogP contribution is -2.08. The van der Waals surface area contributed by atoms with Gasteiger partial charge in [-0.15, -0.1) is 0 Å². The van der Waals surface area contributed by atoms with Gasteiger partial charge in [-0.05, 0) is 31.2 Å². The number of rotatable bonds is 3. The second kappa shape index (κ2) is 4.72. The van der Waals surface area contributed by atoms with Crippen LogP contribution < -0.4 is 5.32 Å². The fourth-order valence-electron chi connectivity index (χ4n) is 1.59. The molecule has 0 radical (unpaired) electrons. The van der Waals surface area contributed by atoms with E-state index < -0.39 is 11.7 Å². The number of nitrogens with one attached hydrogen (secondary N) is 2. The van der Waals surface area contributed by atoms with Crippen molar-refractivity contribution in [2.24, 2.45) is 0 Å². The monoisotopic (exact) mass is 255 g/mol. The molecule has 0 bridgehead atoms. The van der Waals surface area contributed by atoms with E-state index in [0.717, 1.165) is 12.1 Å². The molecule has 0 aliphatic rings. The number of anilines is 1. The van der Waals surface area contributed by atoms with Crippen molar-refractivity contribution in [1.82, 2.24) is 9.97 Å². The second-order valence-electron chi connectivity index (χ2n) is 3.74. The third kappa shape index (κ3) is 2.64. The van der Waals surface area contributed by atoms with Gasteiger partial charge in [-0.3, -0.25) is 0 Å². The zero-order valence-electron chi connectivity index (χ0n) is 9.67. The van der Waals surface area contributed by atoms with Gasteiger partial charge in [-0.25, -0.2) is 4.98 Å². The lowest BCUT2D eigenvalue weighted by atomic mass is 10.2. The van der Waals surface area contributed by atoms with E-state index in [0.29, 0.717) is 12.2 Å². The average Bonchev–Trinajstić information content (AvgIpc) is 2.81. The molecule has 3 nitrogen and oxygen atoms in total. The van der Waals surface area contributed by atoms with Crippen molar-refractivity contribution in [3.8, 4) is 11.4 Å². The first kappa shape index (κ1) is 12.5. The number of halogens is 3. The number of hydrogen-bond acceptors (Lipinski definition) is 2. The molecular formula is C12H12F3N3. The van der Waals surface area contributed by atoms with E-state index in [1.54, 1.807) is 25.3 Å². The Labute approximate surface area is 102 Å². The van der Waals surface area contributed by atoms with Crippen LogP contribution in [0.3, 0.4) is 0 Å². The molecule has 0 aromatic carbocycles. The Bertz CT molecular complexity index is 518. The third-order valence-corrected chi connectivity index (χ3v) is 2.38. The van der Waals surface area contributed by atoms with E-state index >= 15 is 0 Å². The van der Waals surface area contributed by atoms with Crippen LogP contribution in [0.15, 0.2) is 30.5 Å². The number of nitrogens with zero attached hydrogens (tertiary/aromatic N) is 1. The largest absolute Gasteiger partial charge is 0.416 e. The first-order valence-electron chi connectivity index (χ1n) is 5.47. The highest BCUT2D eigenvalue weighted by Gasteiger charge is 2.31. The summed E-state index contributed by atoms with van der Waals surface area (Å²) in [7, 11) is 0. The molecule has 2 heterocycles. The Balaban J connectivity index is 2.50. The third-order valence-electron chi connectivity index (χ3n) is 2.38. The topological polar surface area (TPSA) is 40.7 Å². The molecule has 2 N–H and O–H groups in total. The summed E-state index contributed by atoms with van der Waals surface area (Å²) in [6.07, 6.45) is -2.74. The number of hydrogen-bond donors (Lipinski definition) is 2. The molecule has 0 aliphatic heterocycles. The highest BCUT2D eigenvalue weighted by molar-refractivity contribution is 5.59. The zero-order valence-corrected chi connectivity index (χ0v) is 9.67. The molecule has 0 unspecified atom stereocenters. The molecule has 0 aliphatic carbocycles. The summed E-state index contributed by atoms with van der Waals surface area (Å²) < 4.78 is 38.3. The lowest BCUT2D eigenvalue weighted by molar-refractivity contribution is -0.137. The van der Waals surface area contributed by atoms with Gasteiger partial charge in [0.15, 0.2) is 0 Å². The predicted molar refractivity (Wildman–Crippen MR) is 63.2 cm³/mol. The molecule has 6 heteroatoms. The quantitative estimate of drug-likeness (QED) is 0.880. The Kier molecular flexibility index (Phi) is 3.27. The van der Waals surface area contributed by atoms with Gasteiger partial charge in [-0.2, -0.15) is 13.2 Å². The number of pyridine rings is 1. The zero-order chi connectivity index (χ0) is 13.2. The van der Waals surface area contributed by atoms with Crippen LogP contribution in [-0.4, -0.2) is 16.5 Å². The average molecular weight is 255 g/mol. The van der Waals surface area contributed by atoms with E-state index in [4.69, 9.17) is 0 Å². The highest BCUT2D eigenvalue weighted by atomic mass is 19.4. The summed E-state index contributed by atoms with van der Waals surface area (Å²) >= 11 is 0. The number of H-pyrrole nitrogens is 1. The van der Waals surface area contributed by atoms with Crippen molar-refractivity contribution < 1.29 is 13.2 Å². The summed E-state index contributed by atoms with van der Waals surface area (Å²) in [5.74, 6) is 0.219. The number of aromatic amines is 1. The van der Waals surface area contributed by atoms with Crippen LogP contribution >= 0.6 is 0 Å². The second-order valence-corrected chi connectivity index (χ2v) is 3.74. The maximum Gasteiger partial charge on any atom is 0.416 e. The molecule has 0 saturated carbocycles. The predicted octanol–water partition coefficient (Wildman–Crippen LogP) is 3.53. The molecule has 0 saturated heterocycles. The molecule has 0 amide bonds. The molecule has 0 atom stereocenters. The summed E-state index contributed by atoms with van der Waals surface area (Å²) in [6.45, 7) is 2.31. The summed E-state index contributed by atoms with van der Waals surface area (Å²) in [5.41, 5.74) is 0.115. The van der Waals surface area contributed by atoms with E-state index in [9.17, 15) is 13.2 Å². The van der Waals surface area contributed by atoms with E-state index in [2.05, 4.69) is 15.3 Å². The smallest absolute Gasteiger partial charge is 0.370 e. The van der Waals surface area contributed by atoms with Crippen molar-refractivity contribution >= 4 is 5.82 Å². The minimum Gasteiger partial charge on any atom is -0.370 e. The SMILES string of the molecule is CCNc1cc(C(F)(F)F)cc(-c2ccc[nH]2)n1. The van der Waals surface area contributed by atoms with Crippen molar-refractivity contribution in [2.75, 3.05) is 11.9 Å². The normalized spacial score (nSPS) is 11.6. The molecule has 2 aromatic rings. The van der Waals surface area contributed by atoms with Gasteiger partial charge in [0, 0.05) is 12.7 Å². The fraction of sp³-hybridized carbons (Fsp3) is 0.250. The van der Waals surface area contributed by atoms with Gasteiger partial charge < -0.3 is 10.3 Å². The fourth-order valence-corrected chi connectivity index (χ4v) is 1.59. The first-order valence-corrected chi connectivity index (χ1v) is 5.47. The van der Waals surface area contributed by atoms with E-state index in [-0.39, 0.29) is 11.5 Å². The van der Waals surface area contributed by atoms with Gasteiger partial charge in [0.25, 0.3) is 0 Å². The van der Waals surface area contributed by atoms with Gasteiger partial charge in [-0.1, -0.05) is 0 Å². The van der Waals surface area contributed by atoms with Crippen LogP contribution in [0.1, 0.15) is 12.5 Å². The van der Waals surface area contributed by atoms with Crippen LogP contribution in [0.5, 0.6) is 0 Å². The van der Waals surface area contributed by atoms with Crippen LogP contribution in [0.2, 0.25) is 0 Å². The Morgan fingerprint density at radius 1 is 1.33 bits per heavy atom. The van der Waals surface area contributed by atoms with Crippen molar-refractivity contribution in [2.45, 2.75) is 13.1 Å². The summed E-state index contributed by atoms with van der Waals surface area (Å²) in [6, 6.07) is 5.44. The van der Waals surface area contributed by atoms with Crippen LogP contribution in [0, 0.1) is 0 Å². The summed E-state index contributed by atoms with van der Waals surface area (Å²) in [4.78, 5) is 6.98. The van der Waals surface area contributed by atoms with Gasteiger partial charge >= 0.3 is 6.18 Å². The first-order chi connectivity index (χ1) is 8.50. The van der Waals surface area contributed by atoms with Crippen LogP contribution in [-0.2, 0) is 6.18 Å². The van der Waals surface area contributed by atoms with Gasteiger partial charge in [0.05, 0.1) is 17.0 Å². The lowest BCUT2D eigenvalue weighted by Gasteiger charge is -2.11. The van der Waals surface area contributed by atoms with Crippen LogP contribution in [0.4, 0.5) is 19.0 Å². The molecule has 18 heavy (non-hydrogen) atoms. The Hall–Kier alpha value is -1.98. The number of alkyl halides is 3. The summed E-state index contributed by atoms with van der Waals surface area (Å²) in [5, 5.41) is 2.80. The van der Waals surface area contributed by atoms with E-state index in [1.165, 1.54) is 0 Å². The van der Waals surface area contributed by atoms with Gasteiger partial charge in [0.1, 0.15) is 5.82 Å². The molecule has 96 valence electrons. The van der Waals surface area contributed by atoms with Crippen LogP contribution in [0.25, 0.3) is 11.4 Å². The van der Waals surface area contributed by atoms with Crippen molar-refractivity contribution in [3.63, 3.8) is 0 Å². The van der Waals surface area contributed by atoms with E-state index in [1.807, 2.05) is 0 Å². The Morgan fingerprint density at radius 2 is 2.11 bits per heavy atom.